The Balaban J connectivity index is 2.31. The average Bonchev–Trinajstić information content (AvgIpc) is 2.74. The van der Waals surface area contributed by atoms with Gasteiger partial charge in [0.2, 0.25) is 0 Å². The second-order valence-electron chi connectivity index (χ2n) is 6.19. The Morgan fingerprint density at radius 1 is 1.23 bits per heavy atom. The minimum absolute atomic E-state index is 0.0624. The molecule has 22 heavy (non-hydrogen) atoms. The lowest BCUT2D eigenvalue weighted by Crippen LogP contribution is -2.28. The van der Waals surface area contributed by atoms with E-state index in [-0.39, 0.29) is 5.41 Å². The number of fused-ring (bicyclic) bond motifs is 3. The van der Waals surface area contributed by atoms with E-state index in [9.17, 15) is 0 Å². The van der Waals surface area contributed by atoms with Crippen molar-refractivity contribution in [3.05, 3.63) is 53.7 Å². The van der Waals surface area contributed by atoms with Crippen LogP contribution in [0.25, 0.3) is 10.8 Å². The predicted molar refractivity (Wildman–Crippen MR) is 99.7 cm³/mol. The van der Waals surface area contributed by atoms with E-state index in [4.69, 9.17) is 12.2 Å². The summed E-state index contributed by atoms with van der Waals surface area (Å²) < 4.78 is 0. The van der Waals surface area contributed by atoms with Gasteiger partial charge in [-0.25, -0.2) is 0 Å². The number of thiocarbonyl (C=S) groups is 1. The van der Waals surface area contributed by atoms with Crippen LogP contribution >= 0.6 is 12.2 Å². The van der Waals surface area contributed by atoms with Gasteiger partial charge in [0.25, 0.3) is 0 Å². The van der Waals surface area contributed by atoms with Crippen molar-refractivity contribution in [1.82, 2.24) is 5.32 Å². The van der Waals surface area contributed by atoms with E-state index in [2.05, 4.69) is 73.5 Å². The molecule has 0 aliphatic carbocycles. The molecule has 0 saturated carbocycles. The lowest BCUT2D eigenvalue weighted by Gasteiger charge is -2.26. The van der Waals surface area contributed by atoms with Crippen molar-refractivity contribution in [2.75, 3.05) is 18.5 Å². The number of benzene rings is 2. The highest BCUT2D eigenvalue weighted by molar-refractivity contribution is 7.80. The van der Waals surface area contributed by atoms with Gasteiger partial charge in [0.05, 0.1) is 0 Å². The van der Waals surface area contributed by atoms with E-state index < -0.39 is 0 Å². The molecule has 0 amide bonds. The molecule has 1 aliphatic heterocycles. The number of hydrogen-bond acceptors (Lipinski definition) is 2. The smallest absolute Gasteiger partial charge is 0.100 e. The number of likely N-dealkylation sites (N-methyl/N-ethyl adjacent to an activating group) is 2. The summed E-state index contributed by atoms with van der Waals surface area (Å²) in [7, 11) is 1.88. The highest BCUT2D eigenvalue weighted by atomic mass is 32.1. The summed E-state index contributed by atoms with van der Waals surface area (Å²) in [6.45, 7) is 7.71. The molecule has 0 fully saturated rings. The van der Waals surface area contributed by atoms with Crippen LogP contribution in [-0.2, 0) is 5.41 Å². The summed E-state index contributed by atoms with van der Waals surface area (Å²) in [6.07, 6.45) is 2.10. The van der Waals surface area contributed by atoms with Gasteiger partial charge in [-0.15, -0.1) is 0 Å². The summed E-state index contributed by atoms with van der Waals surface area (Å²) in [4.78, 5) is 3.16. The molecule has 1 heterocycles. The molecule has 0 atom stereocenters. The zero-order chi connectivity index (χ0) is 15.9. The molecular weight excluding hydrogens is 288 g/mol. The molecule has 0 saturated heterocycles. The largest absolute Gasteiger partial charge is 0.379 e. The maximum atomic E-state index is 5.39. The zero-order valence-electron chi connectivity index (χ0n) is 13.6. The van der Waals surface area contributed by atoms with Gasteiger partial charge in [0.15, 0.2) is 0 Å². The van der Waals surface area contributed by atoms with Gasteiger partial charge in [-0.1, -0.05) is 56.4 Å². The standard InChI is InChI=1S/C19H22N2S/c1-5-21-15-11-10-13-8-6-7-9-14(13)18(15)19(2,3)16(21)12-17(22)20-4/h6-12H,5H2,1-4H3,(H,20,22)/b16-12+. The van der Waals surface area contributed by atoms with Gasteiger partial charge < -0.3 is 10.2 Å². The molecule has 1 N–H and O–H groups in total. The van der Waals surface area contributed by atoms with Crippen molar-refractivity contribution in [2.45, 2.75) is 26.2 Å². The van der Waals surface area contributed by atoms with Crippen LogP contribution in [0.2, 0.25) is 0 Å². The number of nitrogens with zero attached hydrogens (tertiary/aromatic N) is 1. The zero-order valence-corrected chi connectivity index (χ0v) is 14.4. The Bertz CT molecular complexity index is 774. The molecule has 0 unspecified atom stereocenters. The van der Waals surface area contributed by atoms with Gasteiger partial charge in [-0.2, -0.15) is 0 Å². The van der Waals surface area contributed by atoms with E-state index in [1.807, 2.05) is 7.05 Å². The summed E-state index contributed by atoms with van der Waals surface area (Å²) in [5, 5.41) is 5.70. The minimum atomic E-state index is -0.0624. The maximum absolute atomic E-state index is 5.39. The molecule has 114 valence electrons. The number of anilines is 1. The summed E-state index contributed by atoms with van der Waals surface area (Å²) in [6, 6.07) is 13.1. The molecule has 2 nitrogen and oxygen atoms in total. The van der Waals surface area contributed by atoms with Gasteiger partial charge >= 0.3 is 0 Å². The third kappa shape index (κ3) is 2.12. The van der Waals surface area contributed by atoms with Gasteiger partial charge in [0.1, 0.15) is 4.99 Å². The molecule has 2 aromatic rings. The minimum Gasteiger partial charge on any atom is -0.379 e. The van der Waals surface area contributed by atoms with Crippen molar-refractivity contribution in [1.29, 1.82) is 0 Å². The van der Waals surface area contributed by atoms with Gasteiger partial charge in [-0.3, -0.25) is 0 Å². The van der Waals surface area contributed by atoms with E-state index in [0.29, 0.717) is 0 Å². The second kappa shape index (κ2) is 5.40. The fraction of sp³-hybridized carbons (Fsp3) is 0.316. The van der Waals surface area contributed by atoms with E-state index >= 15 is 0 Å². The lowest BCUT2D eigenvalue weighted by molar-refractivity contribution is 0.639. The van der Waals surface area contributed by atoms with Crippen molar-refractivity contribution in [2.24, 2.45) is 0 Å². The number of hydrogen-bond donors (Lipinski definition) is 1. The van der Waals surface area contributed by atoms with Crippen LogP contribution in [0.3, 0.4) is 0 Å². The molecule has 0 spiro atoms. The number of nitrogens with one attached hydrogen (secondary N) is 1. The summed E-state index contributed by atoms with van der Waals surface area (Å²) in [5.41, 5.74) is 3.90. The SMILES string of the molecule is CCN1/C(=C/C(=S)NC)C(C)(C)c2c1ccc1ccccc21. The Morgan fingerprint density at radius 2 is 1.95 bits per heavy atom. The van der Waals surface area contributed by atoms with E-state index in [1.165, 1.54) is 27.7 Å². The van der Waals surface area contributed by atoms with Crippen LogP contribution in [0.15, 0.2) is 48.2 Å². The van der Waals surface area contributed by atoms with Gasteiger partial charge in [0, 0.05) is 30.4 Å². The van der Waals surface area contributed by atoms with E-state index in [1.54, 1.807) is 0 Å². The van der Waals surface area contributed by atoms with Crippen LogP contribution < -0.4 is 10.2 Å². The Kier molecular flexibility index (Phi) is 3.69. The van der Waals surface area contributed by atoms with E-state index in [0.717, 1.165) is 11.5 Å². The van der Waals surface area contributed by atoms with Crippen molar-refractivity contribution < 1.29 is 0 Å². The highest BCUT2D eigenvalue weighted by Crippen LogP contribution is 2.50. The fourth-order valence-corrected chi connectivity index (χ4v) is 3.64. The molecule has 1 aliphatic rings. The second-order valence-corrected chi connectivity index (χ2v) is 6.63. The molecule has 3 heteroatoms. The summed E-state index contributed by atoms with van der Waals surface area (Å²) in [5.74, 6) is 0. The highest BCUT2D eigenvalue weighted by Gasteiger charge is 2.40. The molecular formula is C19H22N2S. The summed E-state index contributed by atoms with van der Waals surface area (Å²) >= 11 is 5.39. The van der Waals surface area contributed by atoms with Crippen LogP contribution in [0.1, 0.15) is 26.3 Å². The first-order valence-electron chi connectivity index (χ1n) is 7.74. The van der Waals surface area contributed by atoms with Crippen molar-refractivity contribution in [3.8, 4) is 0 Å². The average molecular weight is 310 g/mol. The Labute approximate surface area is 137 Å². The molecule has 0 bridgehead atoms. The number of rotatable bonds is 2. The van der Waals surface area contributed by atoms with Crippen molar-refractivity contribution >= 4 is 33.7 Å². The maximum Gasteiger partial charge on any atom is 0.100 e. The molecule has 0 radical (unpaired) electrons. The Hall–Kier alpha value is -1.87. The third-order valence-electron chi connectivity index (χ3n) is 4.58. The molecule has 3 rings (SSSR count). The normalized spacial score (nSPS) is 17.8. The molecule has 2 aromatic carbocycles. The first-order chi connectivity index (χ1) is 10.5. The lowest BCUT2D eigenvalue weighted by atomic mass is 9.81. The first kappa shape index (κ1) is 15.0. The fourth-order valence-electron chi connectivity index (χ4n) is 3.53. The molecule has 0 aromatic heterocycles. The van der Waals surface area contributed by atoms with Crippen LogP contribution in [-0.4, -0.2) is 18.6 Å². The van der Waals surface area contributed by atoms with Crippen molar-refractivity contribution in [3.63, 3.8) is 0 Å². The predicted octanol–water partition coefficient (Wildman–Crippen LogP) is 4.39. The number of allylic oxidation sites excluding steroid dienone is 1. The van der Waals surface area contributed by atoms with Crippen LogP contribution in [0, 0.1) is 0 Å². The third-order valence-corrected chi connectivity index (χ3v) is 4.91. The van der Waals surface area contributed by atoms with Crippen LogP contribution in [0.4, 0.5) is 5.69 Å². The van der Waals surface area contributed by atoms with Crippen LogP contribution in [0.5, 0.6) is 0 Å². The quantitative estimate of drug-likeness (QED) is 0.654. The Morgan fingerprint density at radius 3 is 2.64 bits per heavy atom. The van der Waals surface area contributed by atoms with Gasteiger partial charge in [-0.05, 0) is 35.4 Å². The monoisotopic (exact) mass is 310 g/mol. The topological polar surface area (TPSA) is 15.3 Å². The first-order valence-corrected chi connectivity index (χ1v) is 8.15.